The highest BCUT2D eigenvalue weighted by molar-refractivity contribution is 5.95. The molecule has 0 aromatic heterocycles. The minimum atomic E-state index is -1.13. The Morgan fingerprint density at radius 3 is 2.45 bits per heavy atom. The molecule has 0 fully saturated rings. The average Bonchev–Trinajstić information content (AvgIpc) is 2.45. The first kappa shape index (κ1) is 16.1. The maximum atomic E-state index is 12.1. The fourth-order valence-electron chi connectivity index (χ4n) is 1.70. The summed E-state index contributed by atoms with van der Waals surface area (Å²) in [5.74, 6) is -0.571. The molecular formula is C13H18N2O5. The van der Waals surface area contributed by atoms with Gasteiger partial charge in [-0.3, -0.25) is 14.9 Å². The van der Waals surface area contributed by atoms with Crippen LogP contribution in [0.3, 0.4) is 0 Å². The number of nitro benzene ring substituents is 1. The van der Waals surface area contributed by atoms with Crippen LogP contribution in [0.2, 0.25) is 0 Å². The van der Waals surface area contributed by atoms with Crippen molar-refractivity contribution in [2.45, 2.75) is 25.8 Å². The number of rotatable bonds is 6. The molecule has 7 nitrogen and oxygen atoms in total. The number of aryl methyl sites for hydroxylation is 1. The highest BCUT2D eigenvalue weighted by Gasteiger charge is 2.29. The minimum Gasteiger partial charge on any atom is -0.394 e. The fourth-order valence-corrected chi connectivity index (χ4v) is 1.70. The van der Waals surface area contributed by atoms with Crippen LogP contribution in [0.4, 0.5) is 5.69 Å². The van der Waals surface area contributed by atoms with Gasteiger partial charge in [0.05, 0.1) is 23.7 Å². The third-order valence-electron chi connectivity index (χ3n) is 3.33. The van der Waals surface area contributed by atoms with Crippen molar-refractivity contribution in [3.63, 3.8) is 0 Å². The van der Waals surface area contributed by atoms with E-state index in [1.54, 1.807) is 13.8 Å². The van der Waals surface area contributed by atoms with Crippen molar-refractivity contribution in [1.82, 2.24) is 5.32 Å². The SMILES string of the molecule is CCC(CO)(CO)NC(=O)c1ccc(C)c([N+](=O)[O-])c1. The van der Waals surface area contributed by atoms with Gasteiger partial charge in [0.2, 0.25) is 0 Å². The van der Waals surface area contributed by atoms with Crippen LogP contribution in [-0.4, -0.2) is 39.8 Å². The predicted molar refractivity (Wildman–Crippen MR) is 72.5 cm³/mol. The molecule has 0 aliphatic rings. The first-order valence-corrected chi connectivity index (χ1v) is 6.18. The van der Waals surface area contributed by atoms with Crippen LogP contribution in [0, 0.1) is 17.0 Å². The Labute approximate surface area is 116 Å². The Morgan fingerprint density at radius 1 is 1.40 bits per heavy atom. The summed E-state index contributed by atoms with van der Waals surface area (Å²) in [5, 5.41) is 31.9. The van der Waals surface area contributed by atoms with Crippen molar-refractivity contribution in [2.24, 2.45) is 0 Å². The molecule has 0 atom stereocenters. The number of carbonyl (C=O) groups excluding carboxylic acids is 1. The lowest BCUT2D eigenvalue weighted by Crippen LogP contribution is -2.53. The molecular weight excluding hydrogens is 264 g/mol. The lowest BCUT2D eigenvalue weighted by Gasteiger charge is -2.29. The molecule has 20 heavy (non-hydrogen) atoms. The Balaban J connectivity index is 3.04. The quantitative estimate of drug-likeness (QED) is 0.527. The van der Waals surface area contributed by atoms with Crippen LogP contribution in [0.15, 0.2) is 18.2 Å². The second-order valence-electron chi connectivity index (χ2n) is 4.66. The molecule has 0 saturated heterocycles. The zero-order valence-corrected chi connectivity index (χ0v) is 11.4. The van der Waals surface area contributed by atoms with E-state index in [0.717, 1.165) is 0 Å². The van der Waals surface area contributed by atoms with E-state index in [0.29, 0.717) is 12.0 Å². The molecule has 0 saturated carbocycles. The summed E-state index contributed by atoms with van der Waals surface area (Å²) in [4.78, 5) is 22.4. The number of nitrogens with zero attached hydrogens (tertiary/aromatic N) is 1. The lowest BCUT2D eigenvalue weighted by molar-refractivity contribution is -0.385. The molecule has 0 spiro atoms. The van der Waals surface area contributed by atoms with Gasteiger partial charge in [0.25, 0.3) is 11.6 Å². The second-order valence-corrected chi connectivity index (χ2v) is 4.66. The average molecular weight is 282 g/mol. The van der Waals surface area contributed by atoms with Gasteiger partial charge in [-0.25, -0.2) is 0 Å². The minimum absolute atomic E-state index is 0.113. The molecule has 1 amide bonds. The molecule has 0 bridgehead atoms. The Kier molecular flexibility index (Phi) is 5.18. The zero-order chi connectivity index (χ0) is 15.3. The smallest absolute Gasteiger partial charge is 0.273 e. The van der Waals surface area contributed by atoms with Gasteiger partial charge in [-0.15, -0.1) is 0 Å². The number of amides is 1. The van der Waals surface area contributed by atoms with Crippen LogP contribution in [0.25, 0.3) is 0 Å². The number of aliphatic hydroxyl groups is 2. The lowest BCUT2D eigenvalue weighted by atomic mass is 9.97. The van der Waals surface area contributed by atoms with Crippen molar-refractivity contribution < 1.29 is 19.9 Å². The Morgan fingerprint density at radius 2 is 2.00 bits per heavy atom. The summed E-state index contributed by atoms with van der Waals surface area (Å²) < 4.78 is 0. The van der Waals surface area contributed by atoms with Gasteiger partial charge < -0.3 is 15.5 Å². The van der Waals surface area contributed by atoms with Crippen molar-refractivity contribution in [1.29, 1.82) is 0 Å². The number of aliphatic hydroxyl groups excluding tert-OH is 2. The van der Waals surface area contributed by atoms with E-state index >= 15 is 0 Å². The van der Waals surface area contributed by atoms with E-state index < -0.39 is 29.6 Å². The first-order chi connectivity index (χ1) is 9.39. The third kappa shape index (κ3) is 3.31. The molecule has 1 aromatic rings. The fraction of sp³-hybridized carbons (Fsp3) is 0.462. The zero-order valence-electron chi connectivity index (χ0n) is 11.4. The van der Waals surface area contributed by atoms with Gasteiger partial charge in [0.1, 0.15) is 0 Å². The summed E-state index contributed by atoms with van der Waals surface area (Å²) in [6.45, 7) is 2.46. The van der Waals surface area contributed by atoms with Crippen molar-refractivity contribution in [2.75, 3.05) is 13.2 Å². The first-order valence-electron chi connectivity index (χ1n) is 6.18. The molecule has 7 heteroatoms. The van der Waals surface area contributed by atoms with Crippen LogP contribution in [0.5, 0.6) is 0 Å². The largest absolute Gasteiger partial charge is 0.394 e. The number of benzene rings is 1. The van der Waals surface area contributed by atoms with Crippen molar-refractivity contribution in [3.8, 4) is 0 Å². The molecule has 110 valence electrons. The second kappa shape index (κ2) is 6.44. The Bertz CT molecular complexity index is 503. The number of carbonyl (C=O) groups is 1. The van der Waals surface area contributed by atoms with Crippen LogP contribution in [0.1, 0.15) is 29.3 Å². The molecule has 0 aliphatic heterocycles. The van der Waals surface area contributed by atoms with E-state index in [9.17, 15) is 25.1 Å². The molecule has 0 aliphatic carbocycles. The summed E-state index contributed by atoms with van der Waals surface area (Å²) in [6.07, 6.45) is 0.333. The van der Waals surface area contributed by atoms with Gasteiger partial charge in [-0.05, 0) is 19.4 Å². The molecule has 1 rings (SSSR count). The van der Waals surface area contributed by atoms with E-state index in [-0.39, 0.29) is 11.3 Å². The van der Waals surface area contributed by atoms with Crippen molar-refractivity contribution in [3.05, 3.63) is 39.4 Å². The predicted octanol–water partition coefficient (Wildman–Crippen LogP) is 0.766. The third-order valence-corrected chi connectivity index (χ3v) is 3.33. The number of hydrogen-bond acceptors (Lipinski definition) is 5. The Hall–Kier alpha value is -1.99. The van der Waals surface area contributed by atoms with Crippen LogP contribution >= 0.6 is 0 Å². The van der Waals surface area contributed by atoms with Gasteiger partial charge in [0, 0.05) is 17.2 Å². The number of nitro groups is 1. The monoisotopic (exact) mass is 282 g/mol. The number of nitrogens with one attached hydrogen (secondary N) is 1. The van der Waals surface area contributed by atoms with Gasteiger partial charge in [-0.2, -0.15) is 0 Å². The molecule has 3 N–H and O–H groups in total. The number of hydrogen-bond donors (Lipinski definition) is 3. The topological polar surface area (TPSA) is 113 Å². The van der Waals surface area contributed by atoms with E-state index in [1.807, 2.05) is 0 Å². The van der Waals surface area contributed by atoms with Crippen LogP contribution < -0.4 is 5.32 Å². The maximum Gasteiger partial charge on any atom is 0.273 e. The summed E-state index contributed by atoms with van der Waals surface area (Å²) in [5.41, 5.74) is -0.705. The van der Waals surface area contributed by atoms with Gasteiger partial charge in [-0.1, -0.05) is 13.0 Å². The highest BCUT2D eigenvalue weighted by atomic mass is 16.6. The summed E-state index contributed by atoms with van der Waals surface area (Å²) in [6, 6.07) is 4.13. The van der Waals surface area contributed by atoms with E-state index in [4.69, 9.17) is 0 Å². The highest BCUT2D eigenvalue weighted by Crippen LogP contribution is 2.20. The van der Waals surface area contributed by atoms with E-state index in [2.05, 4.69) is 5.32 Å². The van der Waals surface area contributed by atoms with E-state index in [1.165, 1.54) is 18.2 Å². The molecule has 0 radical (unpaired) electrons. The molecule has 0 heterocycles. The van der Waals surface area contributed by atoms with Gasteiger partial charge in [0.15, 0.2) is 0 Å². The maximum absolute atomic E-state index is 12.1. The van der Waals surface area contributed by atoms with Gasteiger partial charge >= 0.3 is 0 Å². The summed E-state index contributed by atoms with van der Waals surface area (Å²) in [7, 11) is 0. The summed E-state index contributed by atoms with van der Waals surface area (Å²) >= 11 is 0. The molecule has 1 aromatic carbocycles. The van der Waals surface area contributed by atoms with Crippen LogP contribution in [-0.2, 0) is 0 Å². The van der Waals surface area contributed by atoms with Crippen molar-refractivity contribution >= 4 is 11.6 Å². The standard InChI is InChI=1S/C13H18N2O5/c1-3-13(7-16,8-17)14-12(18)10-5-4-9(2)11(6-10)15(19)20/h4-6,16-17H,3,7-8H2,1-2H3,(H,14,18). The normalized spacial score (nSPS) is 11.2. The molecule has 0 unspecified atom stereocenters.